The molecule has 0 spiro atoms. The summed E-state index contributed by atoms with van der Waals surface area (Å²) < 4.78 is 0.750. The number of nitrogens with one attached hydrogen (secondary N) is 2. The molecule has 0 atom stereocenters. The molecule has 0 heterocycles. The molecule has 2 aromatic rings. The van der Waals surface area contributed by atoms with Gasteiger partial charge in [0.25, 0.3) is 5.91 Å². The molecule has 5 heteroatoms. The Hall–Kier alpha value is -1.52. The second-order valence-electron chi connectivity index (χ2n) is 4.19. The fourth-order valence-electron chi connectivity index (χ4n) is 1.72. The summed E-state index contributed by atoms with van der Waals surface area (Å²) in [4.78, 5) is 12.1. The Kier molecular flexibility index (Phi) is 5.04. The van der Waals surface area contributed by atoms with Crippen molar-refractivity contribution in [2.45, 2.75) is 6.92 Å². The molecule has 2 aromatic carbocycles. The van der Waals surface area contributed by atoms with Crippen molar-refractivity contribution in [1.82, 2.24) is 0 Å². The van der Waals surface area contributed by atoms with Crippen LogP contribution in [0.2, 0.25) is 5.02 Å². The highest BCUT2D eigenvalue weighted by molar-refractivity contribution is 9.10. The molecule has 0 aliphatic rings. The van der Waals surface area contributed by atoms with Crippen LogP contribution < -0.4 is 10.6 Å². The van der Waals surface area contributed by atoms with E-state index in [1.54, 1.807) is 30.3 Å². The zero-order chi connectivity index (χ0) is 14.5. The number of benzene rings is 2. The van der Waals surface area contributed by atoms with Gasteiger partial charge in [-0.3, -0.25) is 4.79 Å². The monoisotopic (exact) mass is 352 g/mol. The van der Waals surface area contributed by atoms with Gasteiger partial charge in [0.1, 0.15) is 0 Å². The maximum atomic E-state index is 12.1. The molecule has 0 aliphatic carbocycles. The molecule has 0 unspecified atom stereocenters. The summed E-state index contributed by atoms with van der Waals surface area (Å²) in [5, 5.41) is 6.62. The molecule has 20 heavy (non-hydrogen) atoms. The fourth-order valence-corrected chi connectivity index (χ4v) is 2.22. The molecule has 3 nitrogen and oxygen atoms in total. The van der Waals surface area contributed by atoms with E-state index in [9.17, 15) is 4.79 Å². The van der Waals surface area contributed by atoms with E-state index >= 15 is 0 Å². The topological polar surface area (TPSA) is 41.1 Å². The van der Waals surface area contributed by atoms with Crippen molar-refractivity contribution in [3.8, 4) is 0 Å². The standard InChI is InChI=1S/C15H14BrClN2O/c1-2-18-11-5-3-10(4-6-11)15(20)19-12-7-8-14(17)13(16)9-12/h3-9,18H,2H2,1H3,(H,19,20). The van der Waals surface area contributed by atoms with Gasteiger partial charge in [0.05, 0.1) is 5.02 Å². The van der Waals surface area contributed by atoms with Crippen LogP contribution in [0.5, 0.6) is 0 Å². The van der Waals surface area contributed by atoms with E-state index in [4.69, 9.17) is 11.6 Å². The van der Waals surface area contributed by atoms with Crippen molar-refractivity contribution < 1.29 is 4.79 Å². The molecule has 2 N–H and O–H groups in total. The summed E-state index contributed by atoms with van der Waals surface area (Å²) in [7, 11) is 0. The van der Waals surface area contributed by atoms with Gasteiger partial charge in [-0.05, 0) is 65.3 Å². The van der Waals surface area contributed by atoms with Crippen molar-refractivity contribution in [1.29, 1.82) is 0 Å². The average Bonchev–Trinajstić information content (AvgIpc) is 2.44. The van der Waals surface area contributed by atoms with Crippen LogP contribution in [0.15, 0.2) is 46.9 Å². The first kappa shape index (κ1) is 14.9. The van der Waals surface area contributed by atoms with E-state index in [1.807, 2.05) is 19.1 Å². The number of amides is 1. The molecule has 0 radical (unpaired) electrons. The predicted octanol–water partition coefficient (Wildman–Crippen LogP) is 4.79. The van der Waals surface area contributed by atoms with E-state index in [2.05, 4.69) is 26.6 Å². The van der Waals surface area contributed by atoms with Gasteiger partial charge in [0.2, 0.25) is 0 Å². The first-order valence-corrected chi connectivity index (χ1v) is 7.37. The molecule has 1 amide bonds. The summed E-state index contributed by atoms with van der Waals surface area (Å²) in [5.74, 6) is -0.151. The van der Waals surface area contributed by atoms with Crippen LogP contribution in [-0.2, 0) is 0 Å². The Balaban J connectivity index is 2.09. The van der Waals surface area contributed by atoms with Crippen LogP contribution in [0, 0.1) is 0 Å². The molecule has 0 saturated heterocycles. The second-order valence-corrected chi connectivity index (χ2v) is 5.45. The van der Waals surface area contributed by atoms with Crippen LogP contribution in [0.1, 0.15) is 17.3 Å². The first-order chi connectivity index (χ1) is 9.60. The van der Waals surface area contributed by atoms with Crippen molar-refractivity contribution in [2.24, 2.45) is 0 Å². The average molecular weight is 354 g/mol. The zero-order valence-electron chi connectivity index (χ0n) is 10.9. The van der Waals surface area contributed by atoms with E-state index in [1.165, 1.54) is 0 Å². The lowest BCUT2D eigenvalue weighted by atomic mass is 10.2. The van der Waals surface area contributed by atoms with Crippen molar-refractivity contribution in [3.63, 3.8) is 0 Å². The molecular weight excluding hydrogens is 340 g/mol. The van der Waals surface area contributed by atoms with E-state index in [0.29, 0.717) is 16.3 Å². The number of anilines is 2. The van der Waals surface area contributed by atoms with E-state index in [-0.39, 0.29) is 5.91 Å². The van der Waals surface area contributed by atoms with Crippen molar-refractivity contribution >= 4 is 44.8 Å². The third-order valence-corrected chi connectivity index (χ3v) is 3.92. The lowest BCUT2D eigenvalue weighted by Gasteiger charge is -2.08. The number of halogens is 2. The molecule has 0 bridgehead atoms. The van der Waals surface area contributed by atoms with E-state index < -0.39 is 0 Å². The molecule has 0 aliphatic heterocycles. The Morgan fingerprint density at radius 2 is 1.80 bits per heavy atom. The van der Waals surface area contributed by atoms with Gasteiger partial charge >= 0.3 is 0 Å². The molecular formula is C15H14BrClN2O. The SMILES string of the molecule is CCNc1ccc(C(=O)Nc2ccc(Cl)c(Br)c2)cc1. The van der Waals surface area contributed by atoms with Crippen molar-refractivity contribution in [3.05, 3.63) is 57.5 Å². The smallest absolute Gasteiger partial charge is 0.255 e. The quantitative estimate of drug-likeness (QED) is 0.830. The summed E-state index contributed by atoms with van der Waals surface area (Å²) in [6.45, 7) is 2.88. The minimum atomic E-state index is -0.151. The Labute approximate surface area is 131 Å². The summed E-state index contributed by atoms with van der Waals surface area (Å²) in [5.41, 5.74) is 2.30. The molecule has 104 valence electrons. The van der Waals surface area contributed by atoms with Gasteiger partial charge in [0.15, 0.2) is 0 Å². The Bertz CT molecular complexity index is 614. The molecule has 0 saturated carbocycles. The van der Waals surface area contributed by atoms with Crippen molar-refractivity contribution in [2.75, 3.05) is 17.2 Å². The minimum absolute atomic E-state index is 0.151. The second kappa shape index (κ2) is 6.77. The third kappa shape index (κ3) is 3.74. The van der Waals surface area contributed by atoms with Gasteiger partial charge < -0.3 is 10.6 Å². The van der Waals surface area contributed by atoms with Gasteiger partial charge in [-0.25, -0.2) is 0 Å². The third-order valence-electron chi connectivity index (χ3n) is 2.71. The predicted molar refractivity (Wildman–Crippen MR) is 87.7 cm³/mol. The lowest BCUT2D eigenvalue weighted by Crippen LogP contribution is -2.11. The maximum Gasteiger partial charge on any atom is 0.255 e. The van der Waals surface area contributed by atoms with Crippen LogP contribution in [0.3, 0.4) is 0 Å². The van der Waals surface area contributed by atoms with Gasteiger partial charge in [-0.2, -0.15) is 0 Å². The molecule has 0 fully saturated rings. The Morgan fingerprint density at radius 1 is 1.15 bits per heavy atom. The van der Waals surface area contributed by atoms with Crippen LogP contribution >= 0.6 is 27.5 Å². The van der Waals surface area contributed by atoms with Crippen LogP contribution in [-0.4, -0.2) is 12.5 Å². The number of hydrogen-bond donors (Lipinski definition) is 2. The summed E-state index contributed by atoms with van der Waals surface area (Å²) >= 11 is 9.24. The van der Waals surface area contributed by atoms with Gasteiger partial charge in [0, 0.05) is 28.0 Å². The van der Waals surface area contributed by atoms with Gasteiger partial charge in [-0.1, -0.05) is 11.6 Å². The summed E-state index contributed by atoms with van der Waals surface area (Å²) in [6, 6.07) is 12.6. The highest BCUT2D eigenvalue weighted by Gasteiger charge is 2.07. The maximum absolute atomic E-state index is 12.1. The number of hydrogen-bond acceptors (Lipinski definition) is 2. The zero-order valence-corrected chi connectivity index (χ0v) is 13.3. The van der Waals surface area contributed by atoms with Gasteiger partial charge in [-0.15, -0.1) is 0 Å². The lowest BCUT2D eigenvalue weighted by molar-refractivity contribution is 0.102. The Morgan fingerprint density at radius 3 is 2.40 bits per heavy atom. The normalized spacial score (nSPS) is 10.2. The van der Waals surface area contributed by atoms with Crippen LogP contribution in [0.4, 0.5) is 11.4 Å². The fraction of sp³-hybridized carbons (Fsp3) is 0.133. The molecule has 2 rings (SSSR count). The molecule has 0 aromatic heterocycles. The highest BCUT2D eigenvalue weighted by atomic mass is 79.9. The van der Waals surface area contributed by atoms with Crippen LogP contribution in [0.25, 0.3) is 0 Å². The highest BCUT2D eigenvalue weighted by Crippen LogP contribution is 2.25. The summed E-state index contributed by atoms with van der Waals surface area (Å²) in [6.07, 6.45) is 0. The number of carbonyl (C=O) groups is 1. The van der Waals surface area contributed by atoms with E-state index in [0.717, 1.165) is 16.7 Å². The largest absolute Gasteiger partial charge is 0.385 e. The first-order valence-electron chi connectivity index (χ1n) is 6.20. The minimum Gasteiger partial charge on any atom is -0.385 e. The number of rotatable bonds is 4. The number of carbonyl (C=O) groups excluding carboxylic acids is 1.